The molecule has 2 rings (SSSR count). The molecule has 0 unspecified atom stereocenters. The molecule has 0 radical (unpaired) electrons. The fraction of sp³-hybridized carbons (Fsp3) is 0.929. The summed E-state index contributed by atoms with van der Waals surface area (Å²) in [5.74, 6) is 0. The third kappa shape index (κ3) is 2.79. The number of hydrogen-bond donors (Lipinski definition) is 0. The summed E-state index contributed by atoms with van der Waals surface area (Å²) in [6, 6.07) is 0. The van der Waals surface area contributed by atoms with Gasteiger partial charge in [-0.3, -0.25) is 0 Å². The van der Waals surface area contributed by atoms with E-state index in [2.05, 4.69) is 11.9 Å². The number of nitrogens with zero attached hydrogens (tertiary/aromatic N) is 2. The van der Waals surface area contributed by atoms with Gasteiger partial charge in [-0.1, -0.05) is 0 Å². The van der Waals surface area contributed by atoms with Gasteiger partial charge in [0.2, 0.25) is 0 Å². The summed E-state index contributed by atoms with van der Waals surface area (Å²) in [4.78, 5) is 16.7. The van der Waals surface area contributed by atoms with Crippen LogP contribution >= 0.6 is 0 Å². The minimum absolute atomic E-state index is 0.0782. The Balaban J connectivity index is 2.05. The van der Waals surface area contributed by atoms with Gasteiger partial charge in [0, 0.05) is 25.2 Å². The van der Waals surface area contributed by atoms with E-state index in [9.17, 15) is 4.79 Å². The number of piperidine rings is 1. The average Bonchev–Trinajstić information content (AvgIpc) is 2.64. The highest BCUT2D eigenvalue weighted by molar-refractivity contribution is 5.69. The predicted octanol–water partition coefficient (Wildman–Crippen LogP) is 2.48. The molecule has 0 N–H and O–H groups in total. The normalized spacial score (nSPS) is 24.6. The molecule has 104 valence electrons. The van der Waals surface area contributed by atoms with Crippen molar-refractivity contribution in [3.05, 3.63) is 0 Å². The van der Waals surface area contributed by atoms with Crippen LogP contribution in [0.3, 0.4) is 0 Å². The molecule has 1 amide bonds. The van der Waals surface area contributed by atoms with Gasteiger partial charge in [-0.15, -0.1) is 0 Å². The lowest BCUT2D eigenvalue weighted by atomic mass is 9.85. The predicted molar refractivity (Wildman–Crippen MR) is 71.6 cm³/mol. The van der Waals surface area contributed by atoms with Crippen LogP contribution in [0, 0.1) is 0 Å². The third-order valence-electron chi connectivity index (χ3n) is 4.13. The second kappa shape index (κ2) is 4.72. The Labute approximate surface area is 110 Å². The lowest BCUT2D eigenvalue weighted by molar-refractivity contribution is -0.00482. The van der Waals surface area contributed by atoms with Crippen molar-refractivity contribution >= 4 is 6.09 Å². The smallest absolute Gasteiger partial charge is 0.410 e. The van der Waals surface area contributed by atoms with E-state index >= 15 is 0 Å². The van der Waals surface area contributed by atoms with Gasteiger partial charge in [0.25, 0.3) is 0 Å². The molecular formula is C14H26N2O2. The zero-order valence-corrected chi connectivity index (χ0v) is 12.2. The fourth-order valence-corrected chi connectivity index (χ4v) is 3.09. The van der Waals surface area contributed by atoms with E-state index < -0.39 is 5.60 Å². The maximum atomic E-state index is 12.3. The zero-order chi connectivity index (χ0) is 13.4. The monoisotopic (exact) mass is 254 g/mol. The second-order valence-electron chi connectivity index (χ2n) is 6.76. The molecule has 2 aliphatic rings. The maximum Gasteiger partial charge on any atom is 0.410 e. The molecule has 18 heavy (non-hydrogen) atoms. The van der Waals surface area contributed by atoms with E-state index in [1.54, 1.807) is 0 Å². The van der Waals surface area contributed by atoms with E-state index in [4.69, 9.17) is 4.74 Å². The molecule has 2 heterocycles. The van der Waals surface area contributed by atoms with Gasteiger partial charge in [-0.2, -0.15) is 0 Å². The highest BCUT2D eigenvalue weighted by Crippen LogP contribution is 2.38. The number of carbonyl (C=O) groups excluding carboxylic acids is 1. The van der Waals surface area contributed by atoms with Gasteiger partial charge >= 0.3 is 6.09 Å². The zero-order valence-electron chi connectivity index (χ0n) is 12.2. The molecule has 4 nitrogen and oxygen atoms in total. The molecule has 1 spiro atoms. The summed E-state index contributed by atoms with van der Waals surface area (Å²) < 4.78 is 5.55. The molecule has 0 atom stereocenters. The summed E-state index contributed by atoms with van der Waals surface area (Å²) in [5, 5.41) is 0. The highest BCUT2D eigenvalue weighted by Gasteiger charge is 2.46. The Hall–Kier alpha value is -0.770. The summed E-state index contributed by atoms with van der Waals surface area (Å²) in [7, 11) is 2.15. The third-order valence-corrected chi connectivity index (χ3v) is 4.13. The molecular weight excluding hydrogens is 228 g/mol. The first-order chi connectivity index (χ1) is 8.32. The van der Waals surface area contributed by atoms with Crippen molar-refractivity contribution in [2.75, 3.05) is 26.7 Å². The van der Waals surface area contributed by atoms with Crippen LogP contribution in [0.5, 0.6) is 0 Å². The van der Waals surface area contributed by atoms with Crippen LogP contribution in [0.4, 0.5) is 4.79 Å². The first-order valence-corrected chi connectivity index (χ1v) is 7.02. The number of carbonyl (C=O) groups is 1. The minimum Gasteiger partial charge on any atom is -0.444 e. The van der Waals surface area contributed by atoms with Crippen LogP contribution in [-0.4, -0.2) is 53.7 Å². The largest absolute Gasteiger partial charge is 0.444 e. The van der Waals surface area contributed by atoms with E-state index in [0.29, 0.717) is 0 Å². The summed E-state index contributed by atoms with van der Waals surface area (Å²) in [6.07, 6.45) is 4.30. The van der Waals surface area contributed by atoms with E-state index in [1.165, 1.54) is 0 Å². The standard InChI is InChI=1S/C14H26N2O2/c1-13(2,3)18-12(17)16-9-5-6-14(16)7-10-15(4)11-8-14/h5-11H2,1-4H3. The number of ether oxygens (including phenoxy) is 1. The Morgan fingerprint density at radius 1 is 1.11 bits per heavy atom. The molecule has 0 aromatic carbocycles. The van der Waals surface area contributed by atoms with Crippen LogP contribution in [0.25, 0.3) is 0 Å². The van der Waals surface area contributed by atoms with E-state index in [1.807, 2.05) is 25.7 Å². The summed E-state index contributed by atoms with van der Waals surface area (Å²) in [5.41, 5.74) is -0.318. The lowest BCUT2D eigenvalue weighted by Crippen LogP contribution is -2.54. The molecule has 0 saturated carbocycles. The van der Waals surface area contributed by atoms with E-state index in [0.717, 1.165) is 45.3 Å². The van der Waals surface area contributed by atoms with Crippen molar-refractivity contribution in [1.82, 2.24) is 9.80 Å². The maximum absolute atomic E-state index is 12.3. The summed E-state index contributed by atoms with van der Waals surface area (Å²) >= 11 is 0. The summed E-state index contributed by atoms with van der Waals surface area (Å²) in [6.45, 7) is 8.82. The van der Waals surface area contributed by atoms with Crippen molar-refractivity contribution in [3.8, 4) is 0 Å². The Kier molecular flexibility index (Phi) is 3.58. The quantitative estimate of drug-likeness (QED) is 0.666. The average molecular weight is 254 g/mol. The molecule has 0 aromatic rings. The van der Waals surface area contributed by atoms with Crippen LogP contribution < -0.4 is 0 Å². The lowest BCUT2D eigenvalue weighted by Gasteiger charge is -2.44. The molecule has 2 aliphatic heterocycles. The molecule has 4 heteroatoms. The van der Waals surface area contributed by atoms with Crippen LogP contribution in [0.1, 0.15) is 46.5 Å². The van der Waals surface area contributed by atoms with Gasteiger partial charge in [0.05, 0.1) is 0 Å². The number of hydrogen-bond acceptors (Lipinski definition) is 3. The minimum atomic E-state index is -0.397. The second-order valence-corrected chi connectivity index (χ2v) is 6.76. The van der Waals surface area contributed by atoms with Gasteiger partial charge in [-0.05, 0) is 53.5 Å². The first-order valence-electron chi connectivity index (χ1n) is 7.02. The van der Waals surface area contributed by atoms with Crippen LogP contribution in [0.2, 0.25) is 0 Å². The Bertz CT molecular complexity index is 314. The van der Waals surface area contributed by atoms with Crippen molar-refractivity contribution in [3.63, 3.8) is 0 Å². The molecule has 2 fully saturated rings. The molecule has 0 bridgehead atoms. The highest BCUT2D eigenvalue weighted by atomic mass is 16.6. The SMILES string of the molecule is CN1CCC2(CCCN2C(=O)OC(C)(C)C)CC1. The molecule has 0 aromatic heterocycles. The molecule has 2 saturated heterocycles. The van der Waals surface area contributed by atoms with Crippen molar-refractivity contribution < 1.29 is 9.53 Å². The number of rotatable bonds is 0. The first kappa shape index (κ1) is 13.7. The van der Waals surface area contributed by atoms with Crippen molar-refractivity contribution in [1.29, 1.82) is 0 Å². The van der Waals surface area contributed by atoms with Gasteiger partial charge in [-0.25, -0.2) is 4.79 Å². The fourth-order valence-electron chi connectivity index (χ4n) is 3.09. The van der Waals surface area contributed by atoms with Crippen LogP contribution in [0.15, 0.2) is 0 Å². The van der Waals surface area contributed by atoms with Crippen molar-refractivity contribution in [2.24, 2.45) is 0 Å². The topological polar surface area (TPSA) is 32.8 Å². The Morgan fingerprint density at radius 2 is 1.72 bits per heavy atom. The number of likely N-dealkylation sites (tertiary alicyclic amines) is 2. The van der Waals surface area contributed by atoms with E-state index in [-0.39, 0.29) is 11.6 Å². The van der Waals surface area contributed by atoms with Crippen LogP contribution in [-0.2, 0) is 4.74 Å². The number of amides is 1. The molecule has 0 aliphatic carbocycles. The van der Waals surface area contributed by atoms with Gasteiger partial charge < -0.3 is 14.5 Å². The van der Waals surface area contributed by atoms with Crippen molar-refractivity contribution in [2.45, 2.75) is 57.6 Å². The Morgan fingerprint density at radius 3 is 2.28 bits per heavy atom. The van der Waals surface area contributed by atoms with Gasteiger partial charge in [0.1, 0.15) is 5.60 Å². The van der Waals surface area contributed by atoms with Gasteiger partial charge in [0.15, 0.2) is 0 Å².